The molecule has 0 amide bonds. The van der Waals surface area contributed by atoms with Crippen molar-refractivity contribution >= 4 is 71.8 Å². The summed E-state index contributed by atoms with van der Waals surface area (Å²) in [5.74, 6) is 1.36. The van der Waals surface area contributed by atoms with Gasteiger partial charge < -0.3 is 9.80 Å². The molecule has 0 aliphatic heterocycles. The molecule has 2 nitrogen and oxygen atoms in total. The minimum atomic E-state index is -2.09. The smallest absolute Gasteiger partial charge is 0.0579 e. The second-order valence-corrected chi connectivity index (χ2v) is 33.2. The molecule has 8 aromatic carbocycles. The van der Waals surface area contributed by atoms with Gasteiger partial charge in [-0.05, 0) is 165 Å². The van der Waals surface area contributed by atoms with Gasteiger partial charge >= 0.3 is 0 Å². The van der Waals surface area contributed by atoms with E-state index in [1.165, 1.54) is 142 Å². The van der Waals surface area contributed by atoms with Crippen molar-refractivity contribution < 1.29 is 0 Å². The molecule has 0 N–H and O–H groups in total. The minimum Gasteiger partial charge on any atom is -0.310 e. The van der Waals surface area contributed by atoms with Crippen LogP contribution in [0.2, 0.25) is 39.3 Å². The van der Waals surface area contributed by atoms with Crippen LogP contribution in [0.25, 0.3) is 32.7 Å². The number of benzene rings is 8. The van der Waals surface area contributed by atoms with Crippen LogP contribution in [-0.4, -0.2) is 16.1 Å². The van der Waals surface area contributed by atoms with Crippen LogP contribution in [0.15, 0.2) is 170 Å². The standard InChI is InChI=1S/C63H68N2Si2/c1-66(2,3)63(67(4,5)6)60-44-54(65(50-27-17-10-18-28-50)52-37-33-48(34-38-52)46-23-13-8-14-24-46)40-42-58(60)61-56-30-20-19-29-55(56)59-43-53(39-41-57(59)62(61)63)64(49-25-15-9-16-26-49)51-35-31-47(32-36-51)45-21-11-7-12-22-45/h9-10,15-20,25-46H,7-8,11-14,21-24H2,1-6H3. The predicted molar refractivity (Wildman–Crippen MR) is 295 cm³/mol. The van der Waals surface area contributed by atoms with E-state index in [1.54, 1.807) is 11.1 Å². The van der Waals surface area contributed by atoms with Gasteiger partial charge in [0.1, 0.15) is 0 Å². The zero-order chi connectivity index (χ0) is 45.9. The number of anilines is 6. The van der Waals surface area contributed by atoms with E-state index in [-0.39, 0.29) is 4.66 Å². The van der Waals surface area contributed by atoms with E-state index in [4.69, 9.17) is 0 Å². The second-order valence-electron chi connectivity index (χ2n) is 22.2. The molecular formula is C63H68N2Si2. The maximum atomic E-state index is 2.67. The monoisotopic (exact) mass is 908 g/mol. The van der Waals surface area contributed by atoms with Gasteiger partial charge in [-0.25, -0.2) is 0 Å². The van der Waals surface area contributed by atoms with Gasteiger partial charge in [0.2, 0.25) is 0 Å². The van der Waals surface area contributed by atoms with Gasteiger partial charge in [0, 0.05) is 38.8 Å². The highest BCUT2D eigenvalue weighted by molar-refractivity contribution is 7.00. The molecule has 0 bridgehead atoms. The highest BCUT2D eigenvalue weighted by atomic mass is 28.4. The first-order valence-corrected chi connectivity index (χ1v) is 32.6. The molecule has 11 rings (SSSR count). The summed E-state index contributed by atoms with van der Waals surface area (Å²) in [6.45, 7) is 16.0. The normalized spacial score (nSPS) is 16.5. The van der Waals surface area contributed by atoms with Crippen LogP contribution in [0.5, 0.6) is 0 Å². The Hall–Kier alpha value is -5.69. The first kappa shape index (κ1) is 43.9. The Morgan fingerprint density at radius 2 is 0.791 bits per heavy atom. The predicted octanol–water partition coefficient (Wildman–Crippen LogP) is 19.0. The van der Waals surface area contributed by atoms with Crippen molar-refractivity contribution in [2.45, 2.75) is 120 Å². The molecule has 0 saturated heterocycles. The Kier molecular flexibility index (Phi) is 11.4. The highest BCUT2D eigenvalue weighted by Gasteiger charge is 2.60. The SMILES string of the molecule is C[Si](C)(C)C1([Si](C)(C)C)c2cc(N(c3ccccc3)c3ccc(C4CCCCC4)cc3)ccc2-c2c1c1ccc(N(c3ccccc3)c3ccc(C4CCCCC4)cc3)cc1c1ccccc21. The number of para-hydroxylation sites is 2. The third kappa shape index (κ3) is 7.50. The molecule has 0 spiro atoms. The molecule has 338 valence electrons. The molecule has 3 aliphatic carbocycles. The van der Waals surface area contributed by atoms with Crippen LogP contribution in [0.4, 0.5) is 34.1 Å². The molecule has 3 aliphatic rings. The molecule has 0 radical (unpaired) electrons. The van der Waals surface area contributed by atoms with Crippen LogP contribution in [-0.2, 0) is 4.66 Å². The number of nitrogens with zero attached hydrogens (tertiary/aromatic N) is 2. The van der Waals surface area contributed by atoms with E-state index >= 15 is 0 Å². The van der Waals surface area contributed by atoms with Gasteiger partial charge in [0.25, 0.3) is 0 Å². The molecule has 2 fully saturated rings. The van der Waals surface area contributed by atoms with E-state index in [2.05, 4.69) is 219 Å². The lowest BCUT2D eigenvalue weighted by Crippen LogP contribution is -2.63. The maximum absolute atomic E-state index is 2.67. The van der Waals surface area contributed by atoms with Crippen LogP contribution in [0.1, 0.15) is 98.3 Å². The first-order valence-electron chi connectivity index (χ1n) is 25.6. The first-order chi connectivity index (χ1) is 32.5. The highest BCUT2D eigenvalue weighted by Crippen LogP contribution is 2.62. The number of rotatable bonds is 10. The van der Waals surface area contributed by atoms with E-state index in [9.17, 15) is 0 Å². The van der Waals surface area contributed by atoms with Gasteiger partial charge in [0.15, 0.2) is 0 Å². The third-order valence-corrected chi connectivity index (χ3v) is 26.4. The van der Waals surface area contributed by atoms with E-state index in [0.717, 1.165) is 0 Å². The Balaban J connectivity index is 1.11. The number of hydrogen-bond acceptors (Lipinski definition) is 2. The average Bonchev–Trinajstić information content (AvgIpc) is 3.69. The Bertz CT molecular complexity index is 3030. The summed E-state index contributed by atoms with van der Waals surface area (Å²) >= 11 is 0. The Labute approximate surface area is 402 Å². The van der Waals surface area contributed by atoms with E-state index < -0.39 is 16.1 Å². The lowest BCUT2D eigenvalue weighted by Gasteiger charge is -2.52. The topological polar surface area (TPSA) is 6.48 Å². The lowest BCUT2D eigenvalue weighted by atomic mass is 9.84. The van der Waals surface area contributed by atoms with Crippen molar-refractivity contribution in [1.29, 1.82) is 0 Å². The summed E-state index contributed by atoms with van der Waals surface area (Å²) in [5.41, 5.74) is 16.3. The molecular weight excluding hydrogens is 841 g/mol. The summed E-state index contributed by atoms with van der Waals surface area (Å²) in [4.78, 5) is 5.01. The average molecular weight is 909 g/mol. The van der Waals surface area contributed by atoms with Crippen molar-refractivity contribution in [3.05, 3.63) is 192 Å². The summed E-state index contributed by atoms with van der Waals surface area (Å²) in [6.07, 6.45) is 13.4. The molecule has 0 unspecified atom stereocenters. The molecule has 67 heavy (non-hydrogen) atoms. The van der Waals surface area contributed by atoms with Gasteiger partial charge in [0.05, 0.1) is 16.1 Å². The summed E-state index contributed by atoms with van der Waals surface area (Å²) in [7, 11) is -4.18. The van der Waals surface area contributed by atoms with Crippen molar-refractivity contribution in [1.82, 2.24) is 0 Å². The molecule has 0 aromatic heterocycles. The second kappa shape index (κ2) is 17.4. The minimum absolute atomic E-state index is 0.0776. The van der Waals surface area contributed by atoms with Crippen molar-refractivity contribution in [3.8, 4) is 11.1 Å². The van der Waals surface area contributed by atoms with E-state index in [1.807, 2.05) is 0 Å². The molecule has 8 aromatic rings. The zero-order valence-corrected chi connectivity index (χ0v) is 42.8. The van der Waals surface area contributed by atoms with Gasteiger partial charge in [-0.15, -0.1) is 0 Å². The fourth-order valence-electron chi connectivity index (χ4n) is 13.7. The molecule has 2 saturated carbocycles. The Morgan fingerprint density at radius 1 is 0.373 bits per heavy atom. The van der Waals surface area contributed by atoms with Crippen molar-refractivity contribution in [2.75, 3.05) is 9.80 Å². The largest absolute Gasteiger partial charge is 0.310 e. The Morgan fingerprint density at radius 3 is 1.28 bits per heavy atom. The lowest BCUT2D eigenvalue weighted by molar-refractivity contribution is 0.443. The quantitative estimate of drug-likeness (QED) is 0.0996. The number of fused-ring (bicyclic) bond motifs is 8. The molecule has 0 atom stereocenters. The van der Waals surface area contributed by atoms with Crippen molar-refractivity contribution in [3.63, 3.8) is 0 Å². The van der Waals surface area contributed by atoms with Crippen LogP contribution in [0, 0.1) is 0 Å². The van der Waals surface area contributed by atoms with Crippen LogP contribution < -0.4 is 9.80 Å². The third-order valence-electron chi connectivity index (χ3n) is 16.3. The number of hydrogen-bond donors (Lipinski definition) is 0. The van der Waals surface area contributed by atoms with Gasteiger partial charge in [-0.3, -0.25) is 0 Å². The summed E-state index contributed by atoms with van der Waals surface area (Å²) in [6, 6.07) is 65.7. The van der Waals surface area contributed by atoms with Gasteiger partial charge in [-0.2, -0.15) is 0 Å². The summed E-state index contributed by atoms with van der Waals surface area (Å²) < 4.78 is -0.0776. The maximum Gasteiger partial charge on any atom is 0.0579 e. The van der Waals surface area contributed by atoms with Gasteiger partial charge in [-0.1, -0.05) is 175 Å². The van der Waals surface area contributed by atoms with Crippen LogP contribution in [0.3, 0.4) is 0 Å². The molecule has 0 heterocycles. The van der Waals surface area contributed by atoms with Crippen molar-refractivity contribution in [2.24, 2.45) is 0 Å². The molecule has 4 heteroatoms. The summed E-state index contributed by atoms with van der Waals surface area (Å²) in [5, 5.41) is 5.47. The fraction of sp³-hybridized carbons (Fsp3) is 0.302. The zero-order valence-electron chi connectivity index (χ0n) is 40.8. The van der Waals surface area contributed by atoms with E-state index in [0.29, 0.717) is 11.8 Å². The van der Waals surface area contributed by atoms with Crippen LogP contribution >= 0.6 is 0 Å². The fourth-order valence-corrected chi connectivity index (χ4v) is 26.8.